The molecule has 0 radical (unpaired) electrons. The maximum atomic E-state index is 6.32. The van der Waals surface area contributed by atoms with Crippen molar-refractivity contribution in [3.8, 4) is 22.3 Å². The summed E-state index contributed by atoms with van der Waals surface area (Å²) in [7, 11) is 0. The van der Waals surface area contributed by atoms with Crippen LogP contribution in [0.1, 0.15) is 22.3 Å². The van der Waals surface area contributed by atoms with Crippen molar-refractivity contribution in [3.05, 3.63) is 235 Å². The van der Waals surface area contributed by atoms with Crippen LogP contribution in [0.5, 0.6) is 0 Å². The number of rotatable bonds is 6. The van der Waals surface area contributed by atoms with Crippen LogP contribution in [0.3, 0.4) is 0 Å². The van der Waals surface area contributed by atoms with Crippen molar-refractivity contribution in [2.24, 2.45) is 0 Å². The van der Waals surface area contributed by atoms with Crippen molar-refractivity contribution in [1.82, 2.24) is 0 Å². The molecule has 0 amide bonds. The number of hydrogen-bond acceptors (Lipinski definition) is 2. The summed E-state index contributed by atoms with van der Waals surface area (Å²) in [6.45, 7) is 0. The largest absolute Gasteiger partial charge is 0.456 e. The second kappa shape index (κ2) is 12.5. The number of fused-ring (bicyclic) bond motifs is 8. The lowest BCUT2D eigenvalue weighted by Crippen LogP contribution is -2.28. The minimum absolute atomic E-state index is 0.479. The zero-order valence-electron chi connectivity index (χ0n) is 30.1. The average Bonchev–Trinajstić information content (AvgIpc) is 3.79. The van der Waals surface area contributed by atoms with E-state index in [1.807, 2.05) is 6.07 Å². The molecule has 0 aliphatic heterocycles. The normalized spacial score (nSPS) is 12.9. The van der Waals surface area contributed by atoms with Gasteiger partial charge in [-0.25, -0.2) is 0 Å². The average molecular weight is 702 g/mol. The monoisotopic (exact) mass is 701 g/mol. The molecule has 1 aromatic heterocycles. The summed E-state index contributed by atoms with van der Waals surface area (Å²) >= 11 is 0. The first-order valence-electron chi connectivity index (χ1n) is 18.9. The van der Waals surface area contributed by atoms with E-state index < -0.39 is 5.41 Å². The van der Waals surface area contributed by atoms with Crippen LogP contribution in [0.15, 0.2) is 217 Å². The quantitative estimate of drug-likeness (QED) is 0.172. The standard InChI is InChI=1S/C53H35NO/c1-4-16-38(17-5-1)53(39-18-6-2-7-19-39)47-25-12-10-22-44(47)45-33-32-42(35-48(45)53)54(40-20-8-3-9-21-40)41-30-27-36(28-31-41)43-24-14-15-37-29-34-50-52(51(37)43)46-23-11-13-26-49(46)55-50/h1-35H. The molecule has 10 aromatic rings. The maximum absolute atomic E-state index is 6.32. The molecule has 0 unspecified atom stereocenters. The van der Waals surface area contributed by atoms with Crippen LogP contribution in [0.25, 0.3) is 55.0 Å². The SMILES string of the molecule is c1ccc(N(c2ccc(-c3cccc4ccc5oc6ccccc6c5c34)cc2)c2ccc3c(c2)C(c2ccccc2)(c2ccccc2)c2ccccc2-3)cc1. The van der Waals surface area contributed by atoms with Crippen LogP contribution in [0.2, 0.25) is 0 Å². The van der Waals surface area contributed by atoms with Gasteiger partial charge < -0.3 is 9.32 Å². The number of furan rings is 1. The van der Waals surface area contributed by atoms with Crippen LogP contribution in [0.4, 0.5) is 17.1 Å². The van der Waals surface area contributed by atoms with Crippen molar-refractivity contribution < 1.29 is 4.42 Å². The van der Waals surface area contributed by atoms with E-state index >= 15 is 0 Å². The third kappa shape index (κ3) is 4.75. The summed E-state index contributed by atoms with van der Waals surface area (Å²) in [4.78, 5) is 2.39. The Balaban J connectivity index is 1.10. The van der Waals surface area contributed by atoms with E-state index in [0.29, 0.717) is 0 Å². The van der Waals surface area contributed by atoms with Gasteiger partial charge in [0.15, 0.2) is 0 Å². The van der Waals surface area contributed by atoms with Gasteiger partial charge in [0.25, 0.3) is 0 Å². The molecule has 1 aliphatic carbocycles. The Morgan fingerprint density at radius 2 is 0.964 bits per heavy atom. The fourth-order valence-electron chi connectivity index (χ4n) is 9.22. The highest BCUT2D eigenvalue weighted by Crippen LogP contribution is 2.57. The second-order valence-electron chi connectivity index (χ2n) is 14.4. The van der Waals surface area contributed by atoms with Crippen molar-refractivity contribution >= 4 is 49.8 Å². The van der Waals surface area contributed by atoms with Crippen molar-refractivity contribution in [2.45, 2.75) is 5.41 Å². The van der Waals surface area contributed by atoms with E-state index in [4.69, 9.17) is 4.42 Å². The predicted molar refractivity (Wildman–Crippen MR) is 229 cm³/mol. The van der Waals surface area contributed by atoms with Crippen LogP contribution >= 0.6 is 0 Å². The third-order valence-corrected chi connectivity index (χ3v) is 11.5. The van der Waals surface area contributed by atoms with Gasteiger partial charge in [-0.1, -0.05) is 164 Å². The van der Waals surface area contributed by atoms with Gasteiger partial charge in [0.05, 0.1) is 5.41 Å². The van der Waals surface area contributed by atoms with Gasteiger partial charge >= 0.3 is 0 Å². The molecule has 11 rings (SSSR count). The molecule has 0 saturated heterocycles. The lowest BCUT2D eigenvalue weighted by Gasteiger charge is -2.35. The molecule has 0 saturated carbocycles. The smallest absolute Gasteiger partial charge is 0.136 e. The lowest BCUT2D eigenvalue weighted by atomic mass is 9.67. The van der Waals surface area contributed by atoms with E-state index in [1.165, 1.54) is 49.7 Å². The van der Waals surface area contributed by atoms with Crippen molar-refractivity contribution in [1.29, 1.82) is 0 Å². The molecular weight excluding hydrogens is 667 g/mol. The summed E-state index contributed by atoms with van der Waals surface area (Å²) < 4.78 is 6.32. The highest BCUT2D eigenvalue weighted by molar-refractivity contribution is 6.22. The van der Waals surface area contributed by atoms with Gasteiger partial charge in [-0.15, -0.1) is 0 Å². The maximum Gasteiger partial charge on any atom is 0.136 e. The highest BCUT2D eigenvalue weighted by atomic mass is 16.3. The van der Waals surface area contributed by atoms with E-state index in [1.54, 1.807) is 0 Å². The number of anilines is 3. The minimum atomic E-state index is -0.479. The fraction of sp³-hybridized carbons (Fsp3) is 0.0189. The van der Waals surface area contributed by atoms with Crippen LogP contribution in [-0.2, 0) is 5.41 Å². The predicted octanol–water partition coefficient (Wildman–Crippen LogP) is 14.2. The molecule has 2 nitrogen and oxygen atoms in total. The van der Waals surface area contributed by atoms with Crippen molar-refractivity contribution in [2.75, 3.05) is 4.90 Å². The summed E-state index contributed by atoms with van der Waals surface area (Å²) in [6.07, 6.45) is 0. The summed E-state index contributed by atoms with van der Waals surface area (Å²) in [5.41, 5.74) is 14.7. The zero-order valence-corrected chi connectivity index (χ0v) is 30.1. The molecule has 2 heteroatoms. The molecule has 1 heterocycles. The van der Waals surface area contributed by atoms with E-state index in [0.717, 1.165) is 44.6 Å². The first kappa shape index (κ1) is 31.4. The van der Waals surface area contributed by atoms with Gasteiger partial charge in [-0.2, -0.15) is 0 Å². The van der Waals surface area contributed by atoms with Gasteiger partial charge in [0.1, 0.15) is 11.2 Å². The molecule has 0 atom stereocenters. The van der Waals surface area contributed by atoms with Gasteiger partial charge in [0, 0.05) is 33.2 Å². The third-order valence-electron chi connectivity index (χ3n) is 11.5. The molecule has 0 spiro atoms. The Bertz CT molecular complexity index is 2980. The van der Waals surface area contributed by atoms with Crippen molar-refractivity contribution in [3.63, 3.8) is 0 Å². The molecular formula is C53H35NO. The lowest BCUT2D eigenvalue weighted by molar-refractivity contribution is 0.669. The topological polar surface area (TPSA) is 16.4 Å². The van der Waals surface area contributed by atoms with Gasteiger partial charge in [-0.05, 0) is 98.4 Å². The van der Waals surface area contributed by atoms with Crippen LogP contribution in [0, 0.1) is 0 Å². The number of benzene rings is 9. The Morgan fingerprint density at radius 1 is 0.364 bits per heavy atom. The molecule has 0 fully saturated rings. The molecule has 1 aliphatic rings. The molecule has 55 heavy (non-hydrogen) atoms. The van der Waals surface area contributed by atoms with E-state index in [-0.39, 0.29) is 0 Å². The summed E-state index contributed by atoms with van der Waals surface area (Å²) in [5, 5.41) is 4.72. The minimum Gasteiger partial charge on any atom is -0.456 e. The van der Waals surface area contributed by atoms with E-state index in [2.05, 4.69) is 211 Å². The molecule has 0 bridgehead atoms. The first-order valence-corrected chi connectivity index (χ1v) is 18.9. The molecule has 258 valence electrons. The Morgan fingerprint density at radius 3 is 1.73 bits per heavy atom. The highest BCUT2D eigenvalue weighted by Gasteiger charge is 2.46. The fourth-order valence-corrected chi connectivity index (χ4v) is 9.22. The Kier molecular flexibility index (Phi) is 7.11. The van der Waals surface area contributed by atoms with E-state index in [9.17, 15) is 0 Å². The zero-order chi connectivity index (χ0) is 36.3. The molecule has 0 N–H and O–H groups in total. The number of para-hydroxylation sites is 2. The summed E-state index contributed by atoms with van der Waals surface area (Å²) in [5.74, 6) is 0. The molecule has 9 aromatic carbocycles. The van der Waals surface area contributed by atoms with Gasteiger partial charge in [0.2, 0.25) is 0 Å². The number of hydrogen-bond donors (Lipinski definition) is 0. The Hall–Kier alpha value is -7.16. The Labute approximate surface area is 320 Å². The van der Waals surface area contributed by atoms with Crippen LogP contribution < -0.4 is 4.90 Å². The number of nitrogens with zero attached hydrogens (tertiary/aromatic N) is 1. The first-order chi connectivity index (χ1) is 27.3. The van der Waals surface area contributed by atoms with Crippen LogP contribution in [-0.4, -0.2) is 0 Å². The second-order valence-corrected chi connectivity index (χ2v) is 14.4. The summed E-state index contributed by atoms with van der Waals surface area (Å²) in [6, 6.07) is 77.0. The van der Waals surface area contributed by atoms with Gasteiger partial charge in [-0.3, -0.25) is 0 Å².